The van der Waals surface area contributed by atoms with E-state index in [1.165, 1.54) is 11.1 Å². The highest BCUT2D eigenvalue weighted by molar-refractivity contribution is 5.33. The number of aryl methyl sites for hydroxylation is 2. The van der Waals surface area contributed by atoms with Crippen LogP contribution in [0.3, 0.4) is 0 Å². The van der Waals surface area contributed by atoms with Gasteiger partial charge < -0.3 is 9.84 Å². The Labute approximate surface area is 162 Å². The zero-order valence-corrected chi connectivity index (χ0v) is 16.8. The van der Waals surface area contributed by atoms with Crippen molar-refractivity contribution in [3.05, 3.63) is 47.3 Å². The first-order valence-electron chi connectivity index (χ1n) is 9.87. The molecule has 6 nitrogen and oxygen atoms in total. The minimum Gasteiger partial charge on any atom is -0.494 e. The molecular formula is C21H32N4O2. The summed E-state index contributed by atoms with van der Waals surface area (Å²) >= 11 is 0. The van der Waals surface area contributed by atoms with Crippen LogP contribution in [-0.2, 0) is 20.1 Å². The summed E-state index contributed by atoms with van der Waals surface area (Å²) in [6, 6.07) is 8.62. The zero-order valence-electron chi connectivity index (χ0n) is 16.8. The average molecular weight is 373 g/mol. The predicted molar refractivity (Wildman–Crippen MR) is 107 cm³/mol. The summed E-state index contributed by atoms with van der Waals surface area (Å²) < 4.78 is 7.68. The molecule has 6 heteroatoms. The van der Waals surface area contributed by atoms with E-state index in [9.17, 15) is 5.11 Å². The van der Waals surface area contributed by atoms with Crippen LogP contribution in [0.5, 0.6) is 5.75 Å². The van der Waals surface area contributed by atoms with Gasteiger partial charge in [-0.25, -0.2) is 0 Å². The van der Waals surface area contributed by atoms with Gasteiger partial charge in [0, 0.05) is 69.7 Å². The van der Waals surface area contributed by atoms with Crippen LogP contribution in [0, 0.1) is 6.92 Å². The number of aliphatic hydroxyl groups excluding tert-OH is 1. The van der Waals surface area contributed by atoms with Crippen LogP contribution in [0.4, 0.5) is 0 Å². The maximum atomic E-state index is 9.58. The van der Waals surface area contributed by atoms with E-state index in [0.717, 1.165) is 50.6 Å². The van der Waals surface area contributed by atoms with Crippen LogP contribution in [0.1, 0.15) is 30.2 Å². The molecule has 0 bridgehead atoms. The lowest BCUT2D eigenvalue weighted by molar-refractivity contribution is 0.0493. The molecule has 1 N–H and O–H groups in total. The van der Waals surface area contributed by atoms with Crippen LogP contribution in [-0.4, -0.2) is 63.6 Å². The second-order valence-electron chi connectivity index (χ2n) is 7.33. The number of nitrogens with zero attached hydrogens (tertiary/aromatic N) is 4. The molecule has 1 aromatic carbocycles. The quantitative estimate of drug-likeness (QED) is 0.770. The molecule has 0 aliphatic carbocycles. The number of hydrogen-bond donors (Lipinski definition) is 1. The van der Waals surface area contributed by atoms with Gasteiger partial charge in [-0.2, -0.15) is 5.10 Å². The summed E-state index contributed by atoms with van der Waals surface area (Å²) in [5, 5.41) is 14.0. The SMILES string of the molecule is CCOc1ccccc1CN1CCN(Cc2cn(C)nc2C)C[C@@H]1CCO. The van der Waals surface area contributed by atoms with Crippen LogP contribution in [0.15, 0.2) is 30.5 Å². The largest absolute Gasteiger partial charge is 0.494 e. The maximum absolute atomic E-state index is 9.58. The average Bonchev–Trinajstić information content (AvgIpc) is 2.96. The number of ether oxygens (including phenoxy) is 1. The summed E-state index contributed by atoms with van der Waals surface area (Å²) in [5.41, 5.74) is 3.61. The van der Waals surface area contributed by atoms with E-state index in [1.807, 2.05) is 30.8 Å². The molecule has 0 amide bonds. The van der Waals surface area contributed by atoms with Gasteiger partial charge in [-0.15, -0.1) is 0 Å². The number of rotatable bonds is 8. The molecule has 0 unspecified atom stereocenters. The molecule has 1 saturated heterocycles. The van der Waals surface area contributed by atoms with Crippen LogP contribution in [0.25, 0.3) is 0 Å². The molecular weight excluding hydrogens is 340 g/mol. The minimum atomic E-state index is 0.216. The molecule has 27 heavy (non-hydrogen) atoms. The molecule has 0 spiro atoms. The van der Waals surface area contributed by atoms with Crippen molar-refractivity contribution in [2.24, 2.45) is 7.05 Å². The Morgan fingerprint density at radius 2 is 2.00 bits per heavy atom. The van der Waals surface area contributed by atoms with E-state index < -0.39 is 0 Å². The molecule has 1 fully saturated rings. The van der Waals surface area contributed by atoms with Gasteiger partial charge in [0.15, 0.2) is 0 Å². The van der Waals surface area contributed by atoms with E-state index >= 15 is 0 Å². The fraction of sp³-hybridized carbons (Fsp3) is 0.571. The molecule has 1 aromatic heterocycles. The molecule has 2 heterocycles. The number of hydrogen-bond acceptors (Lipinski definition) is 5. The van der Waals surface area contributed by atoms with Crippen molar-refractivity contribution in [3.63, 3.8) is 0 Å². The second kappa shape index (κ2) is 9.35. The van der Waals surface area contributed by atoms with Gasteiger partial charge in [-0.05, 0) is 26.3 Å². The number of benzene rings is 1. The third kappa shape index (κ3) is 5.09. The second-order valence-corrected chi connectivity index (χ2v) is 7.33. The lowest BCUT2D eigenvalue weighted by Crippen LogP contribution is -2.52. The Hall–Kier alpha value is -1.89. The Morgan fingerprint density at radius 3 is 2.70 bits per heavy atom. The van der Waals surface area contributed by atoms with Gasteiger partial charge in [0.1, 0.15) is 5.75 Å². The van der Waals surface area contributed by atoms with E-state index in [1.54, 1.807) is 0 Å². The van der Waals surface area contributed by atoms with Gasteiger partial charge in [0.25, 0.3) is 0 Å². The molecule has 148 valence electrons. The van der Waals surface area contributed by atoms with Crippen molar-refractivity contribution in [1.82, 2.24) is 19.6 Å². The minimum absolute atomic E-state index is 0.216. The molecule has 1 aliphatic rings. The number of piperazine rings is 1. The van der Waals surface area contributed by atoms with Gasteiger partial charge in [0.05, 0.1) is 12.3 Å². The lowest BCUT2D eigenvalue weighted by atomic mass is 10.1. The standard InChI is InChI=1S/C21H32N4O2/c1-4-27-21-8-6-5-7-18(21)15-25-11-10-24(16-20(25)9-12-26)14-19-13-23(3)22-17(19)2/h5-8,13,20,26H,4,9-12,14-16H2,1-3H3/t20-/m0/s1. The molecule has 1 atom stereocenters. The zero-order chi connectivity index (χ0) is 19.2. The smallest absolute Gasteiger partial charge is 0.123 e. The maximum Gasteiger partial charge on any atom is 0.123 e. The van der Waals surface area contributed by atoms with Crippen LogP contribution in [0.2, 0.25) is 0 Å². The van der Waals surface area contributed by atoms with Crippen molar-refractivity contribution in [2.75, 3.05) is 32.8 Å². The Kier molecular flexibility index (Phi) is 6.88. The Morgan fingerprint density at radius 1 is 1.19 bits per heavy atom. The topological polar surface area (TPSA) is 53.8 Å². The summed E-state index contributed by atoms with van der Waals surface area (Å²) in [6.45, 7) is 9.74. The normalized spacial score (nSPS) is 18.7. The molecule has 3 rings (SSSR count). The van der Waals surface area contributed by atoms with Gasteiger partial charge >= 0.3 is 0 Å². The summed E-state index contributed by atoms with van der Waals surface area (Å²) in [5.74, 6) is 0.969. The van der Waals surface area contributed by atoms with E-state index in [4.69, 9.17) is 4.74 Å². The van der Waals surface area contributed by atoms with Crippen LogP contribution >= 0.6 is 0 Å². The van der Waals surface area contributed by atoms with E-state index in [2.05, 4.69) is 40.2 Å². The fourth-order valence-corrected chi connectivity index (χ4v) is 3.93. The van der Waals surface area contributed by atoms with Crippen molar-refractivity contribution < 1.29 is 9.84 Å². The summed E-state index contributed by atoms with van der Waals surface area (Å²) in [7, 11) is 1.97. The molecule has 0 saturated carbocycles. The molecule has 1 aliphatic heterocycles. The Balaban J connectivity index is 1.66. The van der Waals surface area contributed by atoms with Crippen molar-refractivity contribution in [2.45, 2.75) is 39.4 Å². The highest BCUT2D eigenvalue weighted by atomic mass is 16.5. The van der Waals surface area contributed by atoms with Crippen molar-refractivity contribution in [1.29, 1.82) is 0 Å². The third-order valence-corrected chi connectivity index (χ3v) is 5.31. The van der Waals surface area contributed by atoms with Gasteiger partial charge in [0.2, 0.25) is 0 Å². The fourth-order valence-electron chi connectivity index (χ4n) is 3.93. The lowest BCUT2D eigenvalue weighted by Gasteiger charge is -2.41. The first kappa shape index (κ1) is 19.9. The monoisotopic (exact) mass is 372 g/mol. The number of para-hydroxylation sites is 1. The van der Waals surface area contributed by atoms with E-state index in [0.29, 0.717) is 12.6 Å². The summed E-state index contributed by atoms with van der Waals surface area (Å²) in [6.07, 6.45) is 2.90. The van der Waals surface area contributed by atoms with Gasteiger partial charge in [-0.3, -0.25) is 14.5 Å². The third-order valence-electron chi connectivity index (χ3n) is 5.31. The highest BCUT2D eigenvalue weighted by Gasteiger charge is 2.27. The molecule has 2 aromatic rings. The van der Waals surface area contributed by atoms with Crippen molar-refractivity contribution in [3.8, 4) is 5.75 Å². The molecule has 0 radical (unpaired) electrons. The number of aliphatic hydroxyl groups is 1. The Bertz CT molecular complexity index is 731. The van der Waals surface area contributed by atoms with E-state index in [-0.39, 0.29) is 6.61 Å². The van der Waals surface area contributed by atoms with Crippen LogP contribution < -0.4 is 4.74 Å². The highest BCUT2D eigenvalue weighted by Crippen LogP contribution is 2.24. The van der Waals surface area contributed by atoms with Crippen molar-refractivity contribution >= 4 is 0 Å². The van der Waals surface area contributed by atoms with Gasteiger partial charge in [-0.1, -0.05) is 18.2 Å². The predicted octanol–water partition coefficient (Wildman–Crippen LogP) is 2.20. The number of aromatic nitrogens is 2. The first-order chi connectivity index (χ1) is 13.1. The summed E-state index contributed by atoms with van der Waals surface area (Å²) in [4.78, 5) is 4.97. The first-order valence-corrected chi connectivity index (χ1v) is 9.87.